The van der Waals surface area contributed by atoms with Gasteiger partial charge in [0.15, 0.2) is 0 Å². The summed E-state index contributed by atoms with van der Waals surface area (Å²) in [7, 11) is 0. The molecule has 0 bridgehead atoms. The van der Waals surface area contributed by atoms with Gasteiger partial charge in [0.2, 0.25) is 0 Å². The number of nitrogens with zero attached hydrogens (tertiary/aromatic N) is 2. The molecular weight excluding hydrogens is 422 g/mol. The van der Waals surface area contributed by atoms with Gasteiger partial charge < -0.3 is 10.0 Å². The van der Waals surface area contributed by atoms with Gasteiger partial charge in [0.25, 0.3) is 5.60 Å². The lowest BCUT2D eigenvalue weighted by molar-refractivity contribution is -0.386. The van der Waals surface area contributed by atoms with Gasteiger partial charge in [0.1, 0.15) is 0 Å². The SMILES string of the molecule is CC1(C(O)(C(F)(F)F)C(F)(F)F)Cc2ccccc2N1Cc1ccc2ccccc2n1. The van der Waals surface area contributed by atoms with Crippen molar-refractivity contribution in [2.24, 2.45) is 0 Å². The average Bonchev–Trinajstić information content (AvgIpc) is 2.98. The Labute approximate surface area is 173 Å². The summed E-state index contributed by atoms with van der Waals surface area (Å²) in [4.78, 5) is 5.37. The second-order valence-corrected chi connectivity index (χ2v) is 7.87. The fourth-order valence-electron chi connectivity index (χ4n) is 4.37. The van der Waals surface area contributed by atoms with Gasteiger partial charge in [-0.2, -0.15) is 26.3 Å². The van der Waals surface area contributed by atoms with Gasteiger partial charge in [-0.3, -0.25) is 4.98 Å². The second kappa shape index (κ2) is 6.85. The Hall–Kier alpha value is -2.81. The minimum Gasteiger partial charge on any atom is -0.372 e. The highest BCUT2D eigenvalue weighted by Gasteiger charge is 2.80. The van der Waals surface area contributed by atoms with Crippen LogP contribution in [0.1, 0.15) is 18.2 Å². The zero-order valence-electron chi connectivity index (χ0n) is 16.3. The van der Waals surface area contributed by atoms with Crippen molar-refractivity contribution >= 4 is 16.6 Å². The van der Waals surface area contributed by atoms with Gasteiger partial charge in [-0.1, -0.05) is 42.5 Å². The smallest absolute Gasteiger partial charge is 0.372 e. The first-order chi connectivity index (χ1) is 14.4. The fourth-order valence-corrected chi connectivity index (χ4v) is 4.37. The first-order valence-corrected chi connectivity index (χ1v) is 9.44. The Morgan fingerprint density at radius 3 is 2.19 bits per heavy atom. The molecule has 164 valence electrons. The lowest BCUT2D eigenvalue weighted by atomic mass is 9.76. The summed E-state index contributed by atoms with van der Waals surface area (Å²) >= 11 is 0. The third kappa shape index (κ3) is 3.13. The van der Waals surface area contributed by atoms with Crippen molar-refractivity contribution in [2.45, 2.75) is 43.4 Å². The van der Waals surface area contributed by atoms with Crippen molar-refractivity contribution in [3.8, 4) is 0 Å². The summed E-state index contributed by atoms with van der Waals surface area (Å²) < 4.78 is 83.0. The van der Waals surface area contributed by atoms with Crippen LogP contribution in [0.4, 0.5) is 32.0 Å². The molecule has 1 unspecified atom stereocenters. The third-order valence-electron chi connectivity index (χ3n) is 5.99. The van der Waals surface area contributed by atoms with Crippen molar-refractivity contribution < 1.29 is 31.4 Å². The van der Waals surface area contributed by atoms with Crippen LogP contribution >= 0.6 is 0 Å². The Bertz CT molecular complexity index is 1110. The highest BCUT2D eigenvalue weighted by Crippen LogP contribution is 2.56. The first kappa shape index (κ1) is 21.4. The molecule has 0 saturated heterocycles. The molecule has 2 heterocycles. The van der Waals surface area contributed by atoms with Crippen LogP contribution in [-0.4, -0.2) is 33.6 Å². The van der Waals surface area contributed by atoms with Crippen LogP contribution < -0.4 is 4.90 Å². The number of fused-ring (bicyclic) bond motifs is 2. The molecule has 0 amide bonds. The fraction of sp³-hybridized carbons (Fsp3) is 0.318. The summed E-state index contributed by atoms with van der Waals surface area (Å²) in [5.74, 6) is 0. The number of hydrogen-bond acceptors (Lipinski definition) is 3. The molecule has 1 N–H and O–H groups in total. The number of halogens is 6. The van der Waals surface area contributed by atoms with Gasteiger partial charge in [0, 0.05) is 17.5 Å². The topological polar surface area (TPSA) is 36.4 Å². The zero-order valence-corrected chi connectivity index (χ0v) is 16.3. The molecule has 4 rings (SSSR count). The molecule has 2 aromatic carbocycles. The molecule has 0 radical (unpaired) electrons. The van der Waals surface area contributed by atoms with Crippen LogP contribution in [0.15, 0.2) is 60.7 Å². The quantitative estimate of drug-likeness (QED) is 0.554. The van der Waals surface area contributed by atoms with Crippen molar-refractivity contribution in [3.05, 3.63) is 71.9 Å². The average molecular weight is 440 g/mol. The van der Waals surface area contributed by atoms with E-state index in [1.165, 1.54) is 24.3 Å². The maximum absolute atomic E-state index is 13.8. The lowest BCUT2D eigenvalue weighted by Gasteiger charge is -2.49. The maximum atomic E-state index is 13.8. The number of para-hydroxylation sites is 2. The number of rotatable bonds is 3. The van der Waals surface area contributed by atoms with E-state index >= 15 is 0 Å². The largest absolute Gasteiger partial charge is 0.428 e. The minimum atomic E-state index is -5.95. The Kier molecular flexibility index (Phi) is 4.73. The van der Waals surface area contributed by atoms with Crippen LogP contribution in [-0.2, 0) is 13.0 Å². The van der Waals surface area contributed by atoms with Gasteiger partial charge in [0.05, 0.1) is 23.3 Å². The Morgan fingerprint density at radius 2 is 1.52 bits per heavy atom. The van der Waals surface area contributed by atoms with Crippen molar-refractivity contribution in [3.63, 3.8) is 0 Å². The van der Waals surface area contributed by atoms with E-state index in [9.17, 15) is 31.4 Å². The molecule has 1 atom stereocenters. The van der Waals surface area contributed by atoms with E-state index in [0.717, 1.165) is 17.2 Å². The highest BCUT2D eigenvalue weighted by atomic mass is 19.4. The van der Waals surface area contributed by atoms with Crippen LogP contribution in [0, 0.1) is 0 Å². The Morgan fingerprint density at radius 1 is 0.903 bits per heavy atom. The predicted molar refractivity (Wildman–Crippen MR) is 104 cm³/mol. The van der Waals surface area contributed by atoms with E-state index in [1.807, 2.05) is 0 Å². The number of pyridine rings is 1. The van der Waals surface area contributed by atoms with E-state index in [1.54, 1.807) is 36.4 Å². The van der Waals surface area contributed by atoms with Gasteiger partial charge >= 0.3 is 12.4 Å². The molecule has 0 fully saturated rings. The standard InChI is InChI=1S/C22H18F6N2O/c1-19(20(31,21(23,24)25)22(26,27)28)12-15-7-3-5-9-18(15)30(19)13-16-11-10-14-6-2-4-8-17(14)29-16/h2-11,31H,12-13H2,1H3. The molecular formula is C22H18F6N2O. The molecule has 1 aliphatic heterocycles. The molecule has 0 spiro atoms. The van der Waals surface area contributed by atoms with Gasteiger partial charge in [-0.15, -0.1) is 0 Å². The molecule has 3 nitrogen and oxygen atoms in total. The molecule has 3 aromatic rings. The van der Waals surface area contributed by atoms with E-state index in [2.05, 4.69) is 4.98 Å². The number of hydrogen-bond donors (Lipinski definition) is 1. The van der Waals surface area contributed by atoms with Crippen LogP contribution in [0.2, 0.25) is 0 Å². The molecule has 0 aliphatic carbocycles. The maximum Gasteiger partial charge on any atom is 0.428 e. The lowest BCUT2D eigenvalue weighted by Crippen LogP contribution is -2.74. The van der Waals surface area contributed by atoms with E-state index in [0.29, 0.717) is 5.52 Å². The number of aromatic nitrogens is 1. The highest BCUT2D eigenvalue weighted by molar-refractivity contribution is 5.78. The van der Waals surface area contributed by atoms with Gasteiger partial charge in [-0.05, 0) is 30.7 Å². The predicted octanol–water partition coefficient (Wildman–Crippen LogP) is 5.41. The third-order valence-corrected chi connectivity index (χ3v) is 5.99. The van der Waals surface area contributed by atoms with Crippen molar-refractivity contribution in [1.29, 1.82) is 0 Å². The Balaban J connectivity index is 1.87. The summed E-state index contributed by atoms with van der Waals surface area (Å²) in [6.45, 7) is 0.460. The molecule has 31 heavy (non-hydrogen) atoms. The first-order valence-electron chi connectivity index (χ1n) is 9.44. The summed E-state index contributed by atoms with van der Waals surface area (Å²) in [5, 5.41) is 11.1. The van der Waals surface area contributed by atoms with E-state index < -0.39 is 29.9 Å². The van der Waals surface area contributed by atoms with Gasteiger partial charge in [-0.25, -0.2) is 0 Å². The minimum absolute atomic E-state index is 0.201. The van der Waals surface area contributed by atoms with E-state index in [-0.39, 0.29) is 23.5 Å². The number of alkyl halides is 6. The zero-order chi connectivity index (χ0) is 22.7. The second-order valence-electron chi connectivity index (χ2n) is 7.87. The number of aliphatic hydroxyl groups is 1. The van der Waals surface area contributed by atoms with Crippen LogP contribution in [0.25, 0.3) is 10.9 Å². The van der Waals surface area contributed by atoms with E-state index in [4.69, 9.17) is 0 Å². The van der Waals surface area contributed by atoms with Crippen molar-refractivity contribution in [1.82, 2.24) is 4.98 Å². The monoisotopic (exact) mass is 440 g/mol. The molecule has 1 aliphatic rings. The number of anilines is 1. The van der Waals surface area contributed by atoms with Crippen LogP contribution in [0.5, 0.6) is 0 Å². The molecule has 1 aromatic heterocycles. The number of benzene rings is 2. The molecule has 0 saturated carbocycles. The summed E-state index contributed by atoms with van der Waals surface area (Å²) in [5.41, 5.74) is -6.35. The molecule has 9 heteroatoms. The normalized spacial score (nSPS) is 19.7. The van der Waals surface area contributed by atoms with Crippen LogP contribution in [0.3, 0.4) is 0 Å². The van der Waals surface area contributed by atoms with Crippen molar-refractivity contribution in [2.75, 3.05) is 4.90 Å². The summed E-state index contributed by atoms with van der Waals surface area (Å²) in [6.07, 6.45) is -12.5. The summed E-state index contributed by atoms with van der Waals surface area (Å²) in [6, 6.07) is 16.3.